The van der Waals surface area contributed by atoms with Gasteiger partial charge < -0.3 is 15.9 Å². The standard InChI is InChI=1S/C6H6N2O/c7-5-3-1-2-4(9-3)6(5)8/h1-2H,7-8H2. The number of anilines is 2. The molecule has 0 radical (unpaired) electrons. The van der Waals surface area contributed by atoms with Gasteiger partial charge in [-0.2, -0.15) is 0 Å². The summed E-state index contributed by atoms with van der Waals surface area (Å²) in [6.07, 6.45) is 0. The average Bonchev–Trinajstić information content (AvgIpc) is 2.37. The molecule has 0 atom stereocenters. The molecule has 0 saturated heterocycles. The third-order valence-corrected chi connectivity index (χ3v) is 1.43. The third kappa shape index (κ3) is 0.367. The first-order chi connectivity index (χ1) is 4.29. The fraction of sp³-hybridized carbons (Fsp3) is 0. The highest BCUT2D eigenvalue weighted by Crippen LogP contribution is 2.32. The molecular weight excluding hydrogens is 116 g/mol. The Morgan fingerprint density at radius 1 is 1.00 bits per heavy atom. The molecule has 0 aliphatic rings. The monoisotopic (exact) mass is 122 g/mol. The molecule has 0 unspecified atom stereocenters. The van der Waals surface area contributed by atoms with Crippen molar-refractivity contribution in [2.75, 3.05) is 11.5 Å². The molecule has 2 aromatic heterocycles. The summed E-state index contributed by atoms with van der Waals surface area (Å²) in [5, 5.41) is 0. The van der Waals surface area contributed by atoms with Gasteiger partial charge in [0.15, 0.2) is 11.2 Å². The summed E-state index contributed by atoms with van der Waals surface area (Å²) < 4.78 is 5.09. The fourth-order valence-corrected chi connectivity index (χ4v) is 0.893. The number of hydrogen-bond donors (Lipinski definition) is 2. The van der Waals surface area contributed by atoms with Gasteiger partial charge in [0, 0.05) is 0 Å². The van der Waals surface area contributed by atoms with E-state index in [9.17, 15) is 0 Å². The Morgan fingerprint density at radius 2 is 1.44 bits per heavy atom. The molecule has 9 heavy (non-hydrogen) atoms. The predicted molar refractivity (Wildman–Crippen MR) is 36.2 cm³/mol. The van der Waals surface area contributed by atoms with E-state index in [1.165, 1.54) is 0 Å². The van der Waals surface area contributed by atoms with Crippen molar-refractivity contribution in [3.05, 3.63) is 12.1 Å². The van der Waals surface area contributed by atoms with Gasteiger partial charge in [0.2, 0.25) is 0 Å². The maximum absolute atomic E-state index is 5.48. The van der Waals surface area contributed by atoms with Gasteiger partial charge in [-0.15, -0.1) is 0 Å². The summed E-state index contributed by atoms with van der Waals surface area (Å²) in [4.78, 5) is 0. The minimum absolute atomic E-state index is 0.563. The normalized spacial score (nSPS) is 11.1. The molecule has 46 valence electrons. The molecule has 0 spiro atoms. The van der Waals surface area contributed by atoms with Crippen molar-refractivity contribution < 1.29 is 4.42 Å². The van der Waals surface area contributed by atoms with Gasteiger partial charge in [-0.3, -0.25) is 0 Å². The largest absolute Gasteiger partial charge is 0.453 e. The van der Waals surface area contributed by atoms with E-state index >= 15 is 0 Å². The minimum atomic E-state index is 0.563. The number of nitrogen functional groups attached to an aromatic ring is 2. The van der Waals surface area contributed by atoms with Crippen LogP contribution in [-0.4, -0.2) is 0 Å². The van der Waals surface area contributed by atoms with E-state index in [0.717, 1.165) is 0 Å². The van der Waals surface area contributed by atoms with Crippen molar-refractivity contribution in [1.82, 2.24) is 0 Å². The maximum atomic E-state index is 5.48. The van der Waals surface area contributed by atoms with Gasteiger partial charge in [-0.25, -0.2) is 0 Å². The van der Waals surface area contributed by atoms with Crippen molar-refractivity contribution in [2.24, 2.45) is 0 Å². The van der Waals surface area contributed by atoms with Crippen LogP contribution in [0.15, 0.2) is 16.5 Å². The molecule has 3 heteroatoms. The highest BCUT2D eigenvalue weighted by atomic mass is 16.3. The van der Waals surface area contributed by atoms with E-state index in [1.807, 2.05) is 0 Å². The van der Waals surface area contributed by atoms with Crippen LogP contribution < -0.4 is 11.5 Å². The van der Waals surface area contributed by atoms with Gasteiger partial charge >= 0.3 is 0 Å². The predicted octanol–water partition coefficient (Wildman–Crippen LogP) is 1.04. The lowest BCUT2D eigenvalue weighted by Gasteiger charge is -1.87. The Kier molecular flexibility index (Phi) is 0.563. The zero-order valence-electron chi connectivity index (χ0n) is 4.72. The van der Waals surface area contributed by atoms with Crippen LogP contribution in [0.4, 0.5) is 11.4 Å². The summed E-state index contributed by atoms with van der Waals surface area (Å²) in [6.45, 7) is 0. The molecule has 0 aromatic carbocycles. The summed E-state index contributed by atoms with van der Waals surface area (Å²) in [7, 11) is 0. The van der Waals surface area contributed by atoms with Gasteiger partial charge in [-0.05, 0) is 12.1 Å². The van der Waals surface area contributed by atoms with Crippen molar-refractivity contribution in [1.29, 1.82) is 0 Å². The topological polar surface area (TPSA) is 65.2 Å². The number of hydrogen-bond acceptors (Lipinski definition) is 3. The molecule has 0 fully saturated rings. The maximum Gasteiger partial charge on any atom is 0.152 e. The average molecular weight is 122 g/mol. The number of rotatable bonds is 0. The first kappa shape index (κ1) is 4.49. The van der Waals surface area contributed by atoms with Crippen LogP contribution in [0.1, 0.15) is 0 Å². The zero-order valence-corrected chi connectivity index (χ0v) is 4.72. The number of fused-ring (bicyclic) bond motifs is 2. The molecule has 0 saturated carbocycles. The van der Waals surface area contributed by atoms with Crippen LogP contribution in [0.2, 0.25) is 0 Å². The van der Waals surface area contributed by atoms with Crippen molar-refractivity contribution in [3.8, 4) is 0 Å². The second kappa shape index (κ2) is 1.13. The first-order valence-corrected chi connectivity index (χ1v) is 2.65. The smallest absolute Gasteiger partial charge is 0.152 e. The highest BCUT2D eigenvalue weighted by Gasteiger charge is 2.09. The molecule has 2 bridgehead atoms. The van der Waals surface area contributed by atoms with E-state index in [1.54, 1.807) is 12.1 Å². The Morgan fingerprint density at radius 3 is 1.67 bits per heavy atom. The summed E-state index contributed by atoms with van der Waals surface area (Å²) in [6, 6.07) is 3.61. The third-order valence-electron chi connectivity index (χ3n) is 1.43. The van der Waals surface area contributed by atoms with Crippen LogP contribution in [-0.2, 0) is 0 Å². The quantitative estimate of drug-likeness (QED) is 0.513. The number of benzene rings is 1. The van der Waals surface area contributed by atoms with E-state index in [2.05, 4.69) is 0 Å². The molecule has 2 aromatic rings. The Labute approximate surface area is 51.6 Å². The van der Waals surface area contributed by atoms with Gasteiger partial charge in [-0.1, -0.05) is 0 Å². The second-order valence-corrected chi connectivity index (χ2v) is 1.99. The van der Waals surface area contributed by atoms with Crippen LogP contribution in [0.3, 0.4) is 0 Å². The molecule has 0 aliphatic carbocycles. The summed E-state index contributed by atoms with van der Waals surface area (Å²) in [5.74, 6) is 0. The van der Waals surface area contributed by atoms with Crippen LogP contribution in [0, 0.1) is 0 Å². The second-order valence-electron chi connectivity index (χ2n) is 1.99. The van der Waals surface area contributed by atoms with Crippen molar-refractivity contribution in [2.45, 2.75) is 0 Å². The van der Waals surface area contributed by atoms with E-state index in [4.69, 9.17) is 15.9 Å². The van der Waals surface area contributed by atoms with Gasteiger partial charge in [0.25, 0.3) is 0 Å². The number of furan rings is 2. The van der Waals surface area contributed by atoms with E-state index < -0.39 is 0 Å². The van der Waals surface area contributed by atoms with Crippen LogP contribution >= 0.6 is 0 Å². The molecule has 2 heterocycles. The van der Waals surface area contributed by atoms with E-state index in [0.29, 0.717) is 22.5 Å². The molecule has 0 aliphatic heterocycles. The highest BCUT2D eigenvalue weighted by molar-refractivity contribution is 5.93. The molecule has 0 amide bonds. The lowest BCUT2D eigenvalue weighted by atomic mass is 10.3. The fourth-order valence-electron chi connectivity index (χ4n) is 0.893. The summed E-state index contributed by atoms with van der Waals surface area (Å²) >= 11 is 0. The van der Waals surface area contributed by atoms with Gasteiger partial charge in [0.05, 0.1) is 0 Å². The number of nitrogens with two attached hydrogens (primary N) is 2. The molecular formula is C6H6N2O. The SMILES string of the molecule is Nc1c(N)c2ccc1o2. The Hall–Kier alpha value is -1.38. The van der Waals surface area contributed by atoms with E-state index in [-0.39, 0.29) is 0 Å². The molecule has 3 nitrogen and oxygen atoms in total. The Balaban J connectivity index is 2.99. The zero-order chi connectivity index (χ0) is 6.43. The molecule has 2 rings (SSSR count). The lowest BCUT2D eigenvalue weighted by molar-refractivity contribution is 0.676. The van der Waals surface area contributed by atoms with Crippen molar-refractivity contribution >= 4 is 22.5 Å². The molecule has 4 N–H and O–H groups in total. The van der Waals surface area contributed by atoms with Crippen molar-refractivity contribution in [3.63, 3.8) is 0 Å². The van der Waals surface area contributed by atoms with Crippen LogP contribution in [0.5, 0.6) is 0 Å². The van der Waals surface area contributed by atoms with Crippen LogP contribution in [0.25, 0.3) is 11.2 Å². The minimum Gasteiger partial charge on any atom is -0.453 e. The Bertz CT molecular complexity index is 295. The lowest BCUT2D eigenvalue weighted by Crippen LogP contribution is -1.90. The first-order valence-electron chi connectivity index (χ1n) is 2.65. The summed E-state index contributed by atoms with van der Waals surface area (Å²) in [5.41, 5.74) is 13.5. The van der Waals surface area contributed by atoms with Gasteiger partial charge in [0.1, 0.15) is 11.4 Å².